The van der Waals surface area contributed by atoms with Crippen LogP contribution in [0, 0.1) is 0 Å². The van der Waals surface area contributed by atoms with Gasteiger partial charge in [0.15, 0.2) is 0 Å². The van der Waals surface area contributed by atoms with Gasteiger partial charge in [0.05, 0.1) is 13.2 Å². The van der Waals surface area contributed by atoms with E-state index in [2.05, 4.69) is 22.9 Å². The summed E-state index contributed by atoms with van der Waals surface area (Å²) in [6, 6.07) is 5.76. The number of rotatable bonds is 11. The molecule has 0 atom stereocenters. The minimum Gasteiger partial charge on any atom is -0.494 e. The van der Waals surface area contributed by atoms with E-state index in [4.69, 9.17) is 4.74 Å². The number of aliphatic hydroxyl groups is 1. The highest BCUT2D eigenvalue weighted by molar-refractivity contribution is 9.10. The number of halogens is 1. The highest BCUT2D eigenvalue weighted by Crippen LogP contribution is 2.22. The van der Waals surface area contributed by atoms with Crippen LogP contribution in [0.1, 0.15) is 63.9 Å². The highest BCUT2D eigenvalue weighted by Gasteiger charge is 2.01. The first-order chi connectivity index (χ1) is 9.77. The molecule has 3 heteroatoms. The maximum Gasteiger partial charge on any atom is 0.119 e. The Balaban J connectivity index is 2.06. The average molecular weight is 343 g/mol. The van der Waals surface area contributed by atoms with Crippen LogP contribution in [-0.2, 0) is 6.61 Å². The molecule has 0 aliphatic rings. The molecule has 0 radical (unpaired) electrons. The van der Waals surface area contributed by atoms with E-state index in [9.17, 15) is 5.11 Å². The van der Waals surface area contributed by atoms with Crippen molar-refractivity contribution < 1.29 is 9.84 Å². The molecule has 20 heavy (non-hydrogen) atoms. The summed E-state index contributed by atoms with van der Waals surface area (Å²) in [6.07, 6.45) is 10.5. The van der Waals surface area contributed by atoms with Crippen molar-refractivity contribution in [1.29, 1.82) is 0 Å². The van der Waals surface area contributed by atoms with Crippen molar-refractivity contribution in [2.24, 2.45) is 0 Å². The molecule has 0 saturated carbocycles. The number of unbranched alkanes of at least 4 members (excludes halogenated alkanes) is 7. The number of hydrogen-bond acceptors (Lipinski definition) is 2. The molecule has 1 aromatic carbocycles. The lowest BCUT2D eigenvalue weighted by Crippen LogP contribution is -1.98. The van der Waals surface area contributed by atoms with Gasteiger partial charge in [-0.05, 0) is 30.2 Å². The zero-order valence-electron chi connectivity index (χ0n) is 12.5. The van der Waals surface area contributed by atoms with Crippen LogP contribution in [-0.4, -0.2) is 11.7 Å². The van der Waals surface area contributed by atoms with Crippen molar-refractivity contribution in [3.05, 3.63) is 28.2 Å². The minimum atomic E-state index is 0.0372. The Bertz CT molecular complexity index is 366. The zero-order valence-corrected chi connectivity index (χ0v) is 14.1. The van der Waals surface area contributed by atoms with E-state index < -0.39 is 0 Å². The van der Waals surface area contributed by atoms with E-state index in [0.717, 1.165) is 28.8 Å². The van der Waals surface area contributed by atoms with E-state index in [-0.39, 0.29) is 6.61 Å². The van der Waals surface area contributed by atoms with Crippen LogP contribution in [0.3, 0.4) is 0 Å². The molecule has 0 aromatic heterocycles. The van der Waals surface area contributed by atoms with E-state index in [1.54, 1.807) is 0 Å². The lowest BCUT2D eigenvalue weighted by molar-refractivity contribution is 0.277. The molecule has 0 aliphatic heterocycles. The highest BCUT2D eigenvalue weighted by atomic mass is 79.9. The van der Waals surface area contributed by atoms with Gasteiger partial charge < -0.3 is 9.84 Å². The Labute approximate surface area is 131 Å². The molecule has 0 unspecified atom stereocenters. The van der Waals surface area contributed by atoms with Crippen LogP contribution in [0.4, 0.5) is 0 Å². The molecule has 2 nitrogen and oxygen atoms in total. The van der Waals surface area contributed by atoms with E-state index in [0.29, 0.717) is 0 Å². The van der Waals surface area contributed by atoms with Crippen LogP contribution in [0.2, 0.25) is 0 Å². The Morgan fingerprint density at radius 3 is 2.30 bits per heavy atom. The molecule has 0 amide bonds. The summed E-state index contributed by atoms with van der Waals surface area (Å²) < 4.78 is 6.65. The molecule has 114 valence electrons. The summed E-state index contributed by atoms with van der Waals surface area (Å²) in [5.74, 6) is 0.847. The van der Waals surface area contributed by atoms with E-state index in [1.807, 2.05) is 18.2 Å². The average Bonchev–Trinajstić information content (AvgIpc) is 2.47. The van der Waals surface area contributed by atoms with Gasteiger partial charge in [-0.1, -0.05) is 67.8 Å². The van der Waals surface area contributed by atoms with Crippen LogP contribution < -0.4 is 4.74 Å². The van der Waals surface area contributed by atoms with Gasteiger partial charge in [-0.2, -0.15) is 0 Å². The van der Waals surface area contributed by atoms with Crippen molar-refractivity contribution in [3.63, 3.8) is 0 Å². The SMILES string of the molecule is CCCCCCCCCCOc1ccc(Br)c(CO)c1. The second kappa shape index (κ2) is 11.2. The minimum absolute atomic E-state index is 0.0372. The molecule has 0 spiro atoms. The van der Waals surface area contributed by atoms with Crippen molar-refractivity contribution in [1.82, 2.24) is 0 Å². The molecule has 0 heterocycles. The Morgan fingerprint density at radius 1 is 1.00 bits per heavy atom. The maximum atomic E-state index is 9.19. The van der Waals surface area contributed by atoms with Gasteiger partial charge >= 0.3 is 0 Å². The second-order valence-electron chi connectivity index (χ2n) is 5.23. The summed E-state index contributed by atoms with van der Waals surface area (Å²) in [5.41, 5.74) is 0.874. The van der Waals surface area contributed by atoms with Gasteiger partial charge in [-0.25, -0.2) is 0 Å². The third-order valence-electron chi connectivity index (χ3n) is 3.45. The first-order valence-corrected chi connectivity index (χ1v) is 8.59. The third-order valence-corrected chi connectivity index (χ3v) is 4.23. The van der Waals surface area contributed by atoms with Gasteiger partial charge in [0, 0.05) is 4.47 Å². The van der Waals surface area contributed by atoms with Gasteiger partial charge in [-0.3, -0.25) is 0 Å². The van der Waals surface area contributed by atoms with Crippen LogP contribution in [0.5, 0.6) is 5.75 Å². The number of benzene rings is 1. The Kier molecular flexibility index (Phi) is 9.77. The fourth-order valence-electron chi connectivity index (χ4n) is 2.19. The normalized spacial score (nSPS) is 10.8. The predicted molar refractivity (Wildman–Crippen MR) is 88.2 cm³/mol. The molecule has 1 N–H and O–H groups in total. The summed E-state index contributed by atoms with van der Waals surface area (Å²) in [5, 5.41) is 9.19. The topological polar surface area (TPSA) is 29.5 Å². The lowest BCUT2D eigenvalue weighted by Gasteiger charge is -2.08. The van der Waals surface area contributed by atoms with Crippen molar-refractivity contribution in [2.45, 2.75) is 64.9 Å². The summed E-state index contributed by atoms with van der Waals surface area (Å²) in [6.45, 7) is 3.05. The van der Waals surface area contributed by atoms with Crippen molar-refractivity contribution in [3.8, 4) is 5.75 Å². The van der Waals surface area contributed by atoms with Crippen molar-refractivity contribution in [2.75, 3.05) is 6.61 Å². The number of aliphatic hydroxyl groups excluding tert-OH is 1. The van der Waals surface area contributed by atoms with Crippen LogP contribution in [0.25, 0.3) is 0 Å². The van der Waals surface area contributed by atoms with Crippen LogP contribution in [0.15, 0.2) is 22.7 Å². The number of ether oxygens (including phenoxy) is 1. The monoisotopic (exact) mass is 342 g/mol. The Morgan fingerprint density at radius 2 is 1.65 bits per heavy atom. The largest absolute Gasteiger partial charge is 0.494 e. The number of hydrogen-bond donors (Lipinski definition) is 1. The summed E-state index contributed by atoms with van der Waals surface area (Å²) in [4.78, 5) is 0. The fraction of sp³-hybridized carbons (Fsp3) is 0.647. The van der Waals surface area contributed by atoms with E-state index >= 15 is 0 Å². The molecule has 0 saturated heterocycles. The molecule has 0 fully saturated rings. The lowest BCUT2D eigenvalue weighted by atomic mass is 10.1. The molecule has 1 rings (SSSR count). The fourth-order valence-corrected chi connectivity index (χ4v) is 2.56. The molecule has 0 aliphatic carbocycles. The molecular formula is C17H27BrO2. The third kappa shape index (κ3) is 7.30. The van der Waals surface area contributed by atoms with Gasteiger partial charge in [0.2, 0.25) is 0 Å². The first kappa shape index (κ1) is 17.5. The predicted octanol–water partition coefficient (Wildman–Crippen LogP) is 5.46. The quantitative estimate of drug-likeness (QED) is 0.541. The van der Waals surface area contributed by atoms with Gasteiger partial charge in [0.1, 0.15) is 5.75 Å². The smallest absolute Gasteiger partial charge is 0.119 e. The maximum absolute atomic E-state index is 9.19. The molecule has 1 aromatic rings. The Hall–Kier alpha value is -0.540. The first-order valence-electron chi connectivity index (χ1n) is 7.80. The summed E-state index contributed by atoms with van der Waals surface area (Å²) in [7, 11) is 0. The zero-order chi connectivity index (χ0) is 14.6. The molecular weight excluding hydrogens is 316 g/mol. The van der Waals surface area contributed by atoms with Gasteiger partial charge in [-0.15, -0.1) is 0 Å². The standard InChI is InChI=1S/C17H27BrO2/c1-2-3-4-5-6-7-8-9-12-20-16-10-11-17(18)15(13-16)14-19/h10-11,13,19H,2-9,12,14H2,1H3. The van der Waals surface area contributed by atoms with Crippen LogP contribution >= 0.6 is 15.9 Å². The summed E-state index contributed by atoms with van der Waals surface area (Å²) >= 11 is 3.40. The second-order valence-corrected chi connectivity index (χ2v) is 6.09. The van der Waals surface area contributed by atoms with Crippen molar-refractivity contribution >= 4 is 15.9 Å². The van der Waals surface area contributed by atoms with Gasteiger partial charge in [0.25, 0.3) is 0 Å². The molecule has 0 bridgehead atoms. The van der Waals surface area contributed by atoms with E-state index in [1.165, 1.54) is 44.9 Å².